The second-order valence-corrected chi connectivity index (χ2v) is 8.38. The Bertz CT molecular complexity index is 899. The standard InChI is InChI=1S/C21H17Br2NO2/c22-17-11-18(23)21(26)20-16(17)9-7-13(24-20)6-8-15-14-4-2-1-3-12(14)5-10-19(15)25/h1-12,14,16,20,24,26H/b13-6+,15-8-/t12?,14?,16-,20?/m0/s1. The molecule has 0 fully saturated rings. The van der Waals surface area contributed by atoms with E-state index in [0.717, 1.165) is 15.8 Å². The van der Waals surface area contributed by atoms with Crippen molar-refractivity contribution in [3.05, 3.63) is 92.8 Å². The average molecular weight is 475 g/mol. The first-order valence-corrected chi connectivity index (χ1v) is 10.0. The number of nitrogens with one attached hydrogen (secondary N) is 1. The summed E-state index contributed by atoms with van der Waals surface area (Å²) in [6.07, 6.45) is 21.5. The molecule has 1 aliphatic heterocycles. The van der Waals surface area contributed by atoms with Crippen LogP contribution in [0, 0.1) is 17.8 Å². The molecule has 2 N–H and O–H groups in total. The van der Waals surface area contributed by atoms with E-state index in [9.17, 15) is 9.90 Å². The van der Waals surface area contributed by atoms with Gasteiger partial charge in [0.2, 0.25) is 0 Å². The highest BCUT2D eigenvalue weighted by Gasteiger charge is 2.33. The molecule has 5 heteroatoms. The predicted molar refractivity (Wildman–Crippen MR) is 111 cm³/mol. The van der Waals surface area contributed by atoms with Gasteiger partial charge in [-0.1, -0.05) is 58.5 Å². The van der Waals surface area contributed by atoms with Crippen LogP contribution in [-0.4, -0.2) is 16.9 Å². The molecule has 0 aromatic rings. The Hall–Kier alpha value is -1.85. The van der Waals surface area contributed by atoms with E-state index in [2.05, 4.69) is 55.4 Å². The molecule has 0 saturated carbocycles. The summed E-state index contributed by atoms with van der Waals surface area (Å²) in [4.78, 5) is 12.3. The molecule has 0 saturated heterocycles. The van der Waals surface area contributed by atoms with Crippen LogP contribution in [0.4, 0.5) is 0 Å². The number of carbonyl (C=O) groups excluding carboxylic acids is 1. The molecule has 3 aliphatic carbocycles. The fraction of sp³-hybridized carbons (Fsp3) is 0.190. The molecule has 0 spiro atoms. The van der Waals surface area contributed by atoms with Crippen LogP contribution in [0.25, 0.3) is 0 Å². The van der Waals surface area contributed by atoms with Crippen molar-refractivity contribution in [3.8, 4) is 0 Å². The van der Waals surface area contributed by atoms with Crippen LogP contribution in [0.5, 0.6) is 0 Å². The molecule has 0 radical (unpaired) electrons. The molecule has 0 aromatic carbocycles. The summed E-state index contributed by atoms with van der Waals surface area (Å²) in [5.74, 6) is 0.705. The van der Waals surface area contributed by atoms with Crippen molar-refractivity contribution in [2.45, 2.75) is 6.04 Å². The molecule has 4 aliphatic rings. The van der Waals surface area contributed by atoms with Gasteiger partial charge in [0.1, 0.15) is 5.76 Å². The van der Waals surface area contributed by atoms with Crippen molar-refractivity contribution in [1.82, 2.24) is 5.32 Å². The average Bonchev–Trinajstić information content (AvgIpc) is 2.65. The lowest BCUT2D eigenvalue weighted by atomic mass is 9.77. The molecule has 26 heavy (non-hydrogen) atoms. The van der Waals surface area contributed by atoms with Crippen molar-refractivity contribution in [2.24, 2.45) is 17.8 Å². The fourth-order valence-electron chi connectivity index (χ4n) is 3.62. The molecule has 4 rings (SSSR count). The van der Waals surface area contributed by atoms with E-state index >= 15 is 0 Å². The molecule has 132 valence electrons. The number of ketones is 1. The van der Waals surface area contributed by atoms with Gasteiger partial charge >= 0.3 is 0 Å². The van der Waals surface area contributed by atoms with Gasteiger partial charge in [0.15, 0.2) is 5.78 Å². The Morgan fingerprint density at radius 1 is 1.00 bits per heavy atom. The Balaban J connectivity index is 1.63. The highest BCUT2D eigenvalue weighted by atomic mass is 79.9. The molecule has 1 heterocycles. The lowest BCUT2D eigenvalue weighted by Crippen LogP contribution is -2.40. The van der Waals surface area contributed by atoms with Gasteiger partial charge in [0.25, 0.3) is 0 Å². The number of aliphatic hydroxyl groups is 1. The molecular weight excluding hydrogens is 458 g/mol. The second-order valence-electron chi connectivity index (χ2n) is 6.61. The minimum atomic E-state index is -0.231. The third-order valence-corrected chi connectivity index (χ3v) is 6.41. The highest BCUT2D eigenvalue weighted by molar-refractivity contribution is 9.12. The number of carbonyl (C=O) groups is 1. The first-order valence-electron chi connectivity index (χ1n) is 8.44. The van der Waals surface area contributed by atoms with Crippen molar-refractivity contribution in [3.63, 3.8) is 0 Å². The van der Waals surface area contributed by atoms with Gasteiger partial charge < -0.3 is 10.4 Å². The van der Waals surface area contributed by atoms with Crippen LogP contribution >= 0.6 is 31.9 Å². The Labute approximate surface area is 169 Å². The third kappa shape index (κ3) is 3.14. The summed E-state index contributed by atoms with van der Waals surface area (Å²) < 4.78 is 1.67. The summed E-state index contributed by atoms with van der Waals surface area (Å²) in [6, 6.07) is -0.231. The number of rotatable bonds is 1. The van der Waals surface area contributed by atoms with Crippen LogP contribution in [0.1, 0.15) is 0 Å². The zero-order valence-electron chi connectivity index (χ0n) is 13.8. The van der Waals surface area contributed by atoms with Gasteiger partial charge in [0.05, 0.1) is 10.5 Å². The minimum absolute atomic E-state index is 0.0505. The quantitative estimate of drug-likeness (QED) is 0.531. The Morgan fingerprint density at radius 2 is 1.81 bits per heavy atom. The van der Waals surface area contributed by atoms with E-state index in [-0.39, 0.29) is 35.3 Å². The molecule has 3 unspecified atom stereocenters. The summed E-state index contributed by atoms with van der Waals surface area (Å²) in [7, 11) is 0. The Morgan fingerprint density at radius 3 is 2.65 bits per heavy atom. The van der Waals surface area contributed by atoms with Gasteiger partial charge in [-0.25, -0.2) is 0 Å². The van der Waals surface area contributed by atoms with Crippen molar-refractivity contribution >= 4 is 37.6 Å². The molecule has 0 bridgehead atoms. The van der Waals surface area contributed by atoms with E-state index in [0.29, 0.717) is 4.48 Å². The van der Waals surface area contributed by atoms with Crippen molar-refractivity contribution < 1.29 is 9.90 Å². The van der Waals surface area contributed by atoms with E-state index in [1.54, 1.807) is 6.08 Å². The monoisotopic (exact) mass is 473 g/mol. The van der Waals surface area contributed by atoms with Gasteiger partial charge in [0, 0.05) is 33.5 Å². The van der Waals surface area contributed by atoms with Crippen molar-refractivity contribution in [2.75, 3.05) is 0 Å². The highest BCUT2D eigenvalue weighted by Crippen LogP contribution is 2.38. The van der Waals surface area contributed by atoms with Crippen LogP contribution in [0.15, 0.2) is 92.8 Å². The maximum Gasteiger partial charge on any atom is 0.182 e. The first kappa shape index (κ1) is 17.6. The van der Waals surface area contributed by atoms with E-state index in [1.807, 2.05) is 42.5 Å². The maximum absolute atomic E-state index is 12.3. The number of hydrogen-bond donors (Lipinski definition) is 2. The smallest absolute Gasteiger partial charge is 0.182 e. The molecule has 4 atom stereocenters. The predicted octanol–water partition coefficient (Wildman–Crippen LogP) is 4.90. The fourth-order valence-corrected chi connectivity index (χ4v) is 5.07. The summed E-state index contributed by atoms with van der Waals surface area (Å²) in [5, 5.41) is 13.7. The third-order valence-electron chi connectivity index (χ3n) is 5.02. The maximum atomic E-state index is 12.3. The number of aliphatic hydroxyl groups excluding tert-OH is 1. The lowest BCUT2D eigenvalue weighted by Gasteiger charge is -2.33. The largest absolute Gasteiger partial charge is 0.509 e. The van der Waals surface area contributed by atoms with Gasteiger partial charge in [-0.05, 0) is 40.2 Å². The molecule has 0 amide bonds. The molecular formula is C21H17Br2NO2. The number of hydrogen-bond acceptors (Lipinski definition) is 3. The van der Waals surface area contributed by atoms with Crippen molar-refractivity contribution in [1.29, 1.82) is 0 Å². The first-order chi connectivity index (χ1) is 12.5. The Kier molecular flexibility index (Phi) is 4.76. The summed E-state index contributed by atoms with van der Waals surface area (Å²) in [6.45, 7) is 0. The zero-order valence-corrected chi connectivity index (χ0v) is 16.9. The van der Waals surface area contributed by atoms with Gasteiger partial charge in [-0.15, -0.1) is 0 Å². The van der Waals surface area contributed by atoms with E-state index < -0.39 is 0 Å². The summed E-state index contributed by atoms with van der Waals surface area (Å²) in [5.41, 5.74) is 1.65. The van der Waals surface area contributed by atoms with Crippen LogP contribution < -0.4 is 5.32 Å². The second kappa shape index (κ2) is 7.05. The lowest BCUT2D eigenvalue weighted by molar-refractivity contribution is -0.112. The minimum Gasteiger partial charge on any atom is -0.509 e. The van der Waals surface area contributed by atoms with Gasteiger partial charge in [-0.3, -0.25) is 4.79 Å². The van der Waals surface area contributed by atoms with Gasteiger partial charge in [-0.2, -0.15) is 0 Å². The topological polar surface area (TPSA) is 49.3 Å². The van der Waals surface area contributed by atoms with E-state index in [4.69, 9.17) is 0 Å². The van der Waals surface area contributed by atoms with Crippen LogP contribution in [0.2, 0.25) is 0 Å². The number of fused-ring (bicyclic) bond motifs is 2. The number of halogens is 2. The zero-order chi connectivity index (χ0) is 18.3. The molecule has 0 aromatic heterocycles. The van der Waals surface area contributed by atoms with E-state index in [1.165, 1.54) is 0 Å². The van der Waals surface area contributed by atoms with Crippen LogP contribution in [-0.2, 0) is 4.79 Å². The summed E-state index contributed by atoms with van der Waals surface area (Å²) >= 11 is 6.95. The molecule has 3 nitrogen and oxygen atoms in total. The number of allylic oxidation sites excluding steroid dienone is 12. The van der Waals surface area contributed by atoms with Crippen LogP contribution in [0.3, 0.4) is 0 Å². The SMILES string of the molecule is O=C1C=CC2C=CC=CC2/C1=C/C=C1\C=C[C@H]2C(Br)=CC(Br)=C(O)C2N1. The normalized spacial score (nSPS) is 35.5.